The summed E-state index contributed by atoms with van der Waals surface area (Å²) in [5, 5.41) is 2.02. The lowest BCUT2D eigenvalue weighted by Crippen LogP contribution is -2.43. The highest BCUT2D eigenvalue weighted by atomic mass is 35.5. The molecule has 6 rings (SSSR count). The Kier molecular flexibility index (Phi) is 3.90. The molecule has 2 aliphatic rings. The van der Waals surface area contributed by atoms with E-state index in [1.165, 1.54) is 16.5 Å². The summed E-state index contributed by atoms with van der Waals surface area (Å²) < 4.78 is 5.37. The van der Waals surface area contributed by atoms with Crippen LogP contribution in [-0.2, 0) is 6.42 Å². The van der Waals surface area contributed by atoms with Crippen molar-refractivity contribution < 1.29 is 4.74 Å². The van der Waals surface area contributed by atoms with Crippen molar-refractivity contribution in [2.24, 2.45) is 4.99 Å². The Morgan fingerprint density at radius 1 is 1.07 bits per heavy atom. The minimum atomic E-state index is 0.0525. The van der Waals surface area contributed by atoms with Crippen LogP contribution in [0, 0.1) is 0 Å². The Morgan fingerprint density at radius 3 is 2.73 bits per heavy atom. The molecular weight excluding hydrogens is 394 g/mol. The largest absolute Gasteiger partial charge is 0.497 e. The lowest BCUT2D eigenvalue weighted by Gasteiger charge is -2.41. The maximum absolute atomic E-state index is 6.39. The molecule has 5 heteroatoms. The molecule has 0 radical (unpaired) electrons. The van der Waals surface area contributed by atoms with E-state index in [1.807, 2.05) is 30.3 Å². The standard InChI is InChI=1S/C25H20ClN3O/c1-30-17-9-6-15(7-10-17)24-20-14-16(26)8-11-22(20)28-25-23-19(12-13-29(24)25)18-4-2-3-5-21(18)27-23/h2-11,14,24,27H,12-13H2,1H3/t24-/m0/s1. The smallest absolute Gasteiger partial charge is 0.154 e. The number of H-pyrrole nitrogens is 1. The molecule has 0 aliphatic carbocycles. The van der Waals surface area contributed by atoms with E-state index in [1.54, 1.807) is 7.11 Å². The molecule has 2 aliphatic heterocycles. The van der Waals surface area contributed by atoms with Gasteiger partial charge >= 0.3 is 0 Å². The van der Waals surface area contributed by atoms with Crippen LogP contribution in [-0.4, -0.2) is 29.4 Å². The number of aromatic amines is 1. The molecule has 3 heterocycles. The fourth-order valence-corrected chi connectivity index (χ4v) is 4.96. The number of para-hydroxylation sites is 1. The van der Waals surface area contributed by atoms with Crippen molar-refractivity contribution in [3.8, 4) is 5.75 Å². The fraction of sp³-hybridized carbons (Fsp3) is 0.160. The number of nitrogens with zero attached hydrogens (tertiary/aromatic N) is 2. The van der Waals surface area contributed by atoms with E-state index in [0.29, 0.717) is 0 Å². The Labute approximate surface area is 179 Å². The Morgan fingerprint density at radius 2 is 1.90 bits per heavy atom. The van der Waals surface area contributed by atoms with Crippen LogP contribution in [0.2, 0.25) is 5.02 Å². The van der Waals surface area contributed by atoms with Gasteiger partial charge in [0.2, 0.25) is 0 Å². The topological polar surface area (TPSA) is 40.6 Å². The van der Waals surface area contributed by atoms with Crippen LogP contribution >= 0.6 is 11.6 Å². The number of methoxy groups -OCH3 is 1. The van der Waals surface area contributed by atoms with Gasteiger partial charge in [-0.1, -0.05) is 41.9 Å². The van der Waals surface area contributed by atoms with E-state index in [9.17, 15) is 0 Å². The van der Waals surface area contributed by atoms with E-state index in [0.717, 1.165) is 52.0 Å². The van der Waals surface area contributed by atoms with Gasteiger partial charge in [-0.15, -0.1) is 0 Å². The van der Waals surface area contributed by atoms with Crippen LogP contribution in [0.5, 0.6) is 5.75 Å². The van der Waals surface area contributed by atoms with Crippen molar-refractivity contribution in [2.75, 3.05) is 13.7 Å². The summed E-state index contributed by atoms with van der Waals surface area (Å²) in [7, 11) is 1.69. The normalized spacial score (nSPS) is 17.2. The molecule has 0 fully saturated rings. The number of rotatable bonds is 2. The van der Waals surface area contributed by atoms with Gasteiger partial charge in [0.25, 0.3) is 0 Å². The highest BCUT2D eigenvalue weighted by Gasteiger charge is 2.36. The molecule has 1 N–H and O–H groups in total. The number of hydrogen-bond acceptors (Lipinski definition) is 3. The van der Waals surface area contributed by atoms with E-state index >= 15 is 0 Å². The lowest BCUT2D eigenvalue weighted by molar-refractivity contribution is 0.347. The zero-order valence-electron chi connectivity index (χ0n) is 16.5. The Bertz CT molecular complexity index is 1310. The Balaban J connectivity index is 1.57. The predicted molar refractivity (Wildman–Crippen MR) is 121 cm³/mol. The summed E-state index contributed by atoms with van der Waals surface area (Å²) in [5.74, 6) is 1.86. The number of halogens is 1. The molecule has 1 atom stereocenters. The van der Waals surface area contributed by atoms with Gasteiger partial charge in [0.05, 0.1) is 24.5 Å². The fourth-order valence-electron chi connectivity index (χ4n) is 4.78. The maximum atomic E-state index is 6.39. The Hall–Kier alpha value is -3.24. The number of nitrogens with one attached hydrogen (secondary N) is 1. The number of fused-ring (bicyclic) bond motifs is 6. The average molecular weight is 414 g/mol. The predicted octanol–water partition coefficient (Wildman–Crippen LogP) is 5.87. The number of ether oxygens (including phenoxy) is 1. The van der Waals surface area contributed by atoms with Gasteiger partial charge in [-0.2, -0.15) is 0 Å². The van der Waals surface area contributed by atoms with Crippen molar-refractivity contribution in [1.29, 1.82) is 0 Å². The second-order valence-electron chi connectivity index (χ2n) is 7.78. The summed E-state index contributed by atoms with van der Waals surface area (Å²) in [4.78, 5) is 11.1. The van der Waals surface area contributed by atoms with Gasteiger partial charge in [0, 0.05) is 28.0 Å². The summed E-state index contributed by atoms with van der Waals surface area (Å²) in [6, 6.07) is 22.8. The summed E-state index contributed by atoms with van der Waals surface area (Å²) >= 11 is 6.39. The molecule has 0 amide bonds. The van der Waals surface area contributed by atoms with Crippen molar-refractivity contribution >= 4 is 34.0 Å². The molecule has 1 aromatic heterocycles. The van der Waals surface area contributed by atoms with Crippen molar-refractivity contribution in [2.45, 2.75) is 12.5 Å². The highest BCUT2D eigenvalue weighted by Crippen LogP contribution is 2.44. The molecular formula is C25H20ClN3O. The molecule has 0 bridgehead atoms. The van der Waals surface area contributed by atoms with E-state index in [4.69, 9.17) is 21.3 Å². The van der Waals surface area contributed by atoms with Crippen molar-refractivity contribution in [3.63, 3.8) is 0 Å². The van der Waals surface area contributed by atoms with Crippen LogP contribution in [0.15, 0.2) is 71.7 Å². The average Bonchev–Trinajstić information content (AvgIpc) is 3.17. The molecule has 4 aromatic rings. The highest BCUT2D eigenvalue weighted by molar-refractivity contribution is 6.30. The van der Waals surface area contributed by atoms with Gasteiger partial charge in [-0.05, 0) is 53.9 Å². The van der Waals surface area contributed by atoms with Gasteiger partial charge < -0.3 is 14.6 Å². The van der Waals surface area contributed by atoms with Gasteiger partial charge in [-0.25, -0.2) is 4.99 Å². The van der Waals surface area contributed by atoms with Crippen LogP contribution in [0.25, 0.3) is 10.9 Å². The first-order valence-corrected chi connectivity index (χ1v) is 10.5. The molecule has 148 valence electrons. The minimum absolute atomic E-state index is 0.0525. The zero-order chi connectivity index (χ0) is 20.2. The molecule has 4 nitrogen and oxygen atoms in total. The molecule has 3 aromatic carbocycles. The second kappa shape index (κ2) is 6.64. The monoisotopic (exact) mass is 413 g/mol. The van der Waals surface area contributed by atoms with Gasteiger partial charge in [-0.3, -0.25) is 0 Å². The summed E-state index contributed by atoms with van der Waals surface area (Å²) in [5.41, 5.74) is 6.95. The molecule has 0 unspecified atom stereocenters. The first kappa shape index (κ1) is 17.6. The van der Waals surface area contributed by atoms with Gasteiger partial charge in [0.15, 0.2) is 5.84 Å². The van der Waals surface area contributed by atoms with E-state index in [2.05, 4.69) is 46.3 Å². The summed E-state index contributed by atoms with van der Waals surface area (Å²) in [6.45, 7) is 0.899. The van der Waals surface area contributed by atoms with Crippen molar-refractivity contribution in [1.82, 2.24) is 9.88 Å². The minimum Gasteiger partial charge on any atom is -0.497 e. The van der Waals surface area contributed by atoms with E-state index in [-0.39, 0.29) is 6.04 Å². The molecule has 0 spiro atoms. The first-order valence-electron chi connectivity index (χ1n) is 10.1. The maximum Gasteiger partial charge on any atom is 0.154 e. The van der Waals surface area contributed by atoms with Crippen LogP contribution < -0.4 is 4.74 Å². The third-order valence-corrected chi connectivity index (χ3v) is 6.40. The quantitative estimate of drug-likeness (QED) is 0.446. The molecule has 0 saturated heterocycles. The second-order valence-corrected chi connectivity index (χ2v) is 8.22. The number of hydrogen-bond donors (Lipinski definition) is 1. The molecule has 0 saturated carbocycles. The summed E-state index contributed by atoms with van der Waals surface area (Å²) in [6.07, 6.45) is 0.973. The van der Waals surface area contributed by atoms with Gasteiger partial charge in [0.1, 0.15) is 5.75 Å². The third kappa shape index (κ3) is 2.57. The van der Waals surface area contributed by atoms with Crippen LogP contribution in [0.1, 0.15) is 28.4 Å². The number of benzene rings is 3. The zero-order valence-corrected chi connectivity index (χ0v) is 17.3. The SMILES string of the molecule is COc1ccc([C@H]2c3cc(Cl)ccc3N=C3c4[nH]c5ccccc5c4CCN32)cc1. The van der Waals surface area contributed by atoms with E-state index < -0.39 is 0 Å². The van der Waals surface area contributed by atoms with Crippen LogP contribution in [0.4, 0.5) is 5.69 Å². The third-order valence-electron chi connectivity index (χ3n) is 6.17. The number of aliphatic imine (C=N–C) groups is 1. The van der Waals surface area contributed by atoms with Crippen molar-refractivity contribution in [3.05, 3.63) is 94.1 Å². The molecule has 30 heavy (non-hydrogen) atoms. The van der Waals surface area contributed by atoms with Crippen LogP contribution in [0.3, 0.4) is 0 Å². The first-order chi connectivity index (χ1) is 14.7. The number of amidine groups is 1. The lowest BCUT2D eigenvalue weighted by atomic mass is 9.90. The number of aromatic nitrogens is 1.